The van der Waals surface area contributed by atoms with Crippen LogP contribution in [0.5, 0.6) is 0 Å². The van der Waals surface area contributed by atoms with Crippen molar-refractivity contribution < 1.29 is 19.1 Å². The summed E-state index contributed by atoms with van der Waals surface area (Å²) in [5, 5.41) is 10.8. The first-order chi connectivity index (χ1) is 13.6. The molecule has 6 nitrogen and oxygen atoms in total. The van der Waals surface area contributed by atoms with Gasteiger partial charge in [0.05, 0.1) is 0 Å². The third-order valence-electron chi connectivity index (χ3n) is 5.11. The topological polar surface area (TPSA) is 76.6 Å². The molecule has 1 aliphatic rings. The van der Waals surface area contributed by atoms with E-state index in [2.05, 4.69) is 4.98 Å². The maximum Gasteiger partial charge on any atom is 0.256 e. The third-order valence-corrected chi connectivity index (χ3v) is 5.11. The zero-order valence-electron chi connectivity index (χ0n) is 15.1. The van der Waals surface area contributed by atoms with E-state index in [1.807, 2.05) is 18.2 Å². The smallest absolute Gasteiger partial charge is 0.256 e. The number of amides is 2. The quantitative estimate of drug-likeness (QED) is 0.731. The van der Waals surface area contributed by atoms with Crippen LogP contribution in [0.1, 0.15) is 22.0 Å². The summed E-state index contributed by atoms with van der Waals surface area (Å²) in [7, 11) is 0. The van der Waals surface area contributed by atoms with Crippen LogP contribution in [0.3, 0.4) is 0 Å². The second kappa shape index (κ2) is 7.44. The average molecular weight is 381 g/mol. The molecule has 3 aromatic rings. The van der Waals surface area contributed by atoms with Crippen LogP contribution < -0.4 is 0 Å². The summed E-state index contributed by atoms with van der Waals surface area (Å²) < 4.78 is 14.1. The molecule has 0 saturated carbocycles. The highest BCUT2D eigenvalue weighted by Gasteiger charge is 2.30. The Morgan fingerprint density at radius 2 is 1.64 bits per heavy atom. The molecule has 0 spiro atoms. The lowest BCUT2D eigenvalue weighted by atomic mass is 10.1. The van der Waals surface area contributed by atoms with Crippen molar-refractivity contribution in [2.24, 2.45) is 0 Å². The van der Waals surface area contributed by atoms with Gasteiger partial charge in [0.2, 0.25) is 0 Å². The number of benzene rings is 2. The molecule has 144 valence electrons. The van der Waals surface area contributed by atoms with E-state index in [-0.39, 0.29) is 16.9 Å². The fraction of sp³-hybridized carbons (Fsp3) is 0.238. The minimum atomic E-state index is -1.46. The number of fused-ring (bicyclic) bond motifs is 1. The highest BCUT2D eigenvalue weighted by Crippen LogP contribution is 2.28. The van der Waals surface area contributed by atoms with E-state index in [4.69, 9.17) is 0 Å². The molecular formula is C21H20FN3O3. The van der Waals surface area contributed by atoms with Crippen LogP contribution in [-0.4, -0.2) is 57.9 Å². The number of aromatic nitrogens is 1. The van der Waals surface area contributed by atoms with Crippen LogP contribution in [0.2, 0.25) is 0 Å². The summed E-state index contributed by atoms with van der Waals surface area (Å²) in [5.74, 6) is -1.05. The molecule has 0 bridgehead atoms. The summed E-state index contributed by atoms with van der Waals surface area (Å²) in [6, 6.07) is 13.5. The molecule has 1 saturated heterocycles. The number of nitrogens with one attached hydrogen (secondary N) is 1. The number of halogens is 1. The highest BCUT2D eigenvalue weighted by atomic mass is 19.1. The number of carbonyl (C=O) groups is 2. The van der Waals surface area contributed by atoms with Crippen molar-refractivity contribution in [3.05, 3.63) is 71.7 Å². The van der Waals surface area contributed by atoms with Crippen molar-refractivity contribution >= 4 is 22.7 Å². The van der Waals surface area contributed by atoms with Gasteiger partial charge >= 0.3 is 0 Å². The lowest BCUT2D eigenvalue weighted by Crippen LogP contribution is -2.51. The third kappa shape index (κ3) is 3.25. The van der Waals surface area contributed by atoms with Crippen LogP contribution >= 0.6 is 0 Å². The number of hydrogen-bond donors (Lipinski definition) is 2. The minimum absolute atomic E-state index is 0.0769. The van der Waals surface area contributed by atoms with Gasteiger partial charge in [-0.25, -0.2) is 4.39 Å². The zero-order chi connectivity index (χ0) is 19.7. The first kappa shape index (κ1) is 18.2. The Bertz CT molecular complexity index is 1010. The molecule has 1 fully saturated rings. The number of piperazine rings is 1. The average Bonchev–Trinajstić information content (AvgIpc) is 3.18. The second-order valence-electron chi connectivity index (χ2n) is 6.79. The Morgan fingerprint density at radius 3 is 2.36 bits per heavy atom. The molecule has 7 heteroatoms. The second-order valence-corrected chi connectivity index (χ2v) is 6.79. The monoisotopic (exact) mass is 381 g/mol. The molecule has 2 N–H and O–H groups in total. The van der Waals surface area contributed by atoms with Crippen molar-refractivity contribution in [2.45, 2.75) is 6.10 Å². The van der Waals surface area contributed by atoms with Gasteiger partial charge in [0.25, 0.3) is 11.8 Å². The Balaban J connectivity index is 1.44. The molecule has 28 heavy (non-hydrogen) atoms. The van der Waals surface area contributed by atoms with E-state index in [1.165, 1.54) is 17.2 Å². The SMILES string of the molecule is O=C(c1ccccc1)N1CCN(C(=O)C(O)c2c[nH]c3cccc(F)c23)CC1. The van der Waals surface area contributed by atoms with E-state index in [1.54, 1.807) is 29.2 Å². The Kier molecular flexibility index (Phi) is 4.83. The van der Waals surface area contributed by atoms with Gasteiger partial charge in [-0.2, -0.15) is 0 Å². The molecule has 1 atom stereocenters. The largest absolute Gasteiger partial charge is 0.378 e. The lowest BCUT2D eigenvalue weighted by molar-refractivity contribution is -0.142. The molecule has 2 amide bonds. The Hall–Kier alpha value is -3.19. The van der Waals surface area contributed by atoms with Crippen LogP contribution in [0.4, 0.5) is 4.39 Å². The van der Waals surface area contributed by atoms with E-state index in [9.17, 15) is 19.1 Å². The lowest BCUT2D eigenvalue weighted by Gasteiger charge is -2.35. The maximum atomic E-state index is 14.1. The van der Waals surface area contributed by atoms with E-state index in [0.717, 1.165) is 0 Å². The molecule has 1 aromatic heterocycles. The normalized spacial score (nSPS) is 15.6. The van der Waals surface area contributed by atoms with Crippen molar-refractivity contribution in [1.82, 2.24) is 14.8 Å². The zero-order valence-corrected chi connectivity index (χ0v) is 15.1. The molecule has 1 aliphatic heterocycles. The fourth-order valence-electron chi connectivity index (χ4n) is 3.58. The number of hydrogen-bond acceptors (Lipinski definition) is 3. The number of aromatic amines is 1. The van der Waals surface area contributed by atoms with Crippen LogP contribution in [-0.2, 0) is 4.79 Å². The van der Waals surface area contributed by atoms with E-state index >= 15 is 0 Å². The van der Waals surface area contributed by atoms with Gasteiger partial charge in [0.1, 0.15) is 5.82 Å². The number of rotatable bonds is 3. The minimum Gasteiger partial charge on any atom is -0.378 e. The van der Waals surface area contributed by atoms with Gasteiger partial charge in [-0.1, -0.05) is 24.3 Å². The Labute approximate surface area is 161 Å². The van der Waals surface area contributed by atoms with Gasteiger partial charge in [0, 0.05) is 54.4 Å². The van der Waals surface area contributed by atoms with Gasteiger partial charge in [-0.15, -0.1) is 0 Å². The maximum absolute atomic E-state index is 14.1. The predicted molar refractivity (Wildman–Crippen MR) is 102 cm³/mol. The van der Waals surface area contributed by atoms with Crippen molar-refractivity contribution in [2.75, 3.05) is 26.2 Å². The fourth-order valence-corrected chi connectivity index (χ4v) is 3.58. The summed E-state index contributed by atoms with van der Waals surface area (Å²) in [4.78, 5) is 31.3. The van der Waals surface area contributed by atoms with Crippen molar-refractivity contribution in [3.63, 3.8) is 0 Å². The highest BCUT2D eigenvalue weighted by molar-refractivity contribution is 5.94. The van der Waals surface area contributed by atoms with E-state index < -0.39 is 17.8 Å². The van der Waals surface area contributed by atoms with Gasteiger partial charge in [0.15, 0.2) is 6.10 Å². The molecule has 0 aliphatic carbocycles. The molecule has 4 rings (SSSR count). The van der Waals surface area contributed by atoms with E-state index in [0.29, 0.717) is 37.3 Å². The van der Waals surface area contributed by atoms with Gasteiger partial charge in [-0.3, -0.25) is 9.59 Å². The summed E-state index contributed by atoms with van der Waals surface area (Å²) in [5.41, 5.74) is 1.36. The molecule has 2 heterocycles. The number of aliphatic hydroxyl groups excluding tert-OH is 1. The van der Waals surface area contributed by atoms with Crippen LogP contribution in [0.15, 0.2) is 54.7 Å². The summed E-state index contributed by atoms with van der Waals surface area (Å²) >= 11 is 0. The number of H-pyrrole nitrogens is 1. The summed E-state index contributed by atoms with van der Waals surface area (Å²) in [6.07, 6.45) is 0.00732. The first-order valence-corrected chi connectivity index (χ1v) is 9.13. The molecule has 1 unspecified atom stereocenters. The molecule has 0 radical (unpaired) electrons. The van der Waals surface area contributed by atoms with Crippen LogP contribution in [0, 0.1) is 5.82 Å². The first-order valence-electron chi connectivity index (χ1n) is 9.13. The summed E-state index contributed by atoms with van der Waals surface area (Å²) in [6.45, 7) is 1.40. The van der Waals surface area contributed by atoms with Gasteiger partial charge < -0.3 is 19.9 Å². The molecular weight excluding hydrogens is 361 g/mol. The number of aliphatic hydroxyl groups is 1. The van der Waals surface area contributed by atoms with Crippen LogP contribution in [0.25, 0.3) is 10.9 Å². The number of nitrogens with zero attached hydrogens (tertiary/aromatic N) is 2. The predicted octanol–water partition coefficient (Wildman–Crippen LogP) is 2.33. The molecule has 2 aromatic carbocycles. The Morgan fingerprint density at radius 1 is 0.964 bits per heavy atom. The standard InChI is InChI=1S/C21H20FN3O3/c22-16-7-4-8-17-18(16)15(13-23-17)19(26)21(28)25-11-9-24(10-12-25)20(27)14-5-2-1-3-6-14/h1-8,13,19,23,26H,9-12H2. The van der Waals surface area contributed by atoms with Crippen molar-refractivity contribution in [3.8, 4) is 0 Å². The van der Waals surface area contributed by atoms with Crippen molar-refractivity contribution in [1.29, 1.82) is 0 Å². The van der Waals surface area contributed by atoms with Gasteiger partial charge in [-0.05, 0) is 24.3 Å². The number of carbonyl (C=O) groups excluding carboxylic acids is 2.